The normalized spacial score (nSPS) is 10.2. The van der Waals surface area contributed by atoms with E-state index in [0.29, 0.717) is 11.3 Å². The molecule has 0 saturated heterocycles. The molecular weight excluding hydrogens is 222 g/mol. The average molecular weight is 231 g/mol. The Hall–Kier alpha value is -2.73. The van der Waals surface area contributed by atoms with Gasteiger partial charge in [-0.3, -0.25) is 4.98 Å². The minimum Gasteiger partial charge on any atom is -0.264 e. The summed E-state index contributed by atoms with van der Waals surface area (Å²) in [4.78, 5) is 8.62. The fourth-order valence-corrected chi connectivity index (χ4v) is 1.92. The third kappa shape index (κ3) is 1.70. The third-order valence-corrected chi connectivity index (χ3v) is 2.78. The van der Waals surface area contributed by atoms with Crippen LogP contribution in [0.5, 0.6) is 0 Å². The van der Waals surface area contributed by atoms with E-state index in [4.69, 9.17) is 0 Å². The van der Waals surface area contributed by atoms with Crippen LogP contribution in [0.3, 0.4) is 0 Å². The second kappa shape index (κ2) is 4.27. The van der Waals surface area contributed by atoms with Crippen LogP contribution < -0.4 is 0 Å². The highest BCUT2D eigenvalue weighted by molar-refractivity contribution is 5.84. The van der Waals surface area contributed by atoms with Crippen molar-refractivity contribution in [3.8, 4) is 17.3 Å². The first-order chi connectivity index (χ1) is 8.88. The van der Waals surface area contributed by atoms with Gasteiger partial charge >= 0.3 is 0 Å². The highest BCUT2D eigenvalue weighted by Crippen LogP contribution is 2.24. The van der Waals surface area contributed by atoms with Crippen LogP contribution >= 0.6 is 0 Å². The van der Waals surface area contributed by atoms with Crippen LogP contribution in [0.15, 0.2) is 54.9 Å². The summed E-state index contributed by atoms with van der Waals surface area (Å²) < 4.78 is 0. The first-order valence-corrected chi connectivity index (χ1v) is 5.59. The molecule has 0 radical (unpaired) electrons. The lowest BCUT2D eigenvalue weighted by atomic mass is 10.1. The van der Waals surface area contributed by atoms with Crippen molar-refractivity contribution in [1.82, 2.24) is 9.97 Å². The largest absolute Gasteiger partial charge is 0.264 e. The van der Waals surface area contributed by atoms with Gasteiger partial charge in [-0.2, -0.15) is 5.26 Å². The van der Waals surface area contributed by atoms with E-state index in [2.05, 4.69) is 16.0 Å². The molecule has 0 saturated carbocycles. The maximum Gasteiger partial charge on any atom is 0.101 e. The van der Waals surface area contributed by atoms with Crippen molar-refractivity contribution in [3.05, 3.63) is 60.4 Å². The van der Waals surface area contributed by atoms with Gasteiger partial charge in [0, 0.05) is 23.3 Å². The van der Waals surface area contributed by atoms with E-state index >= 15 is 0 Å². The van der Waals surface area contributed by atoms with Crippen LogP contribution in [0.4, 0.5) is 0 Å². The van der Waals surface area contributed by atoms with Crippen LogP contribution in [0.25, 0.3) is 22.2 Å². The molecule has 2 heterocycles. The number of pyridine rings is 2. The van der Waals surface area contributed by atoms with Crippen LogP contribution in [-0.4, -0.2) is 9.97 Å². The number of hydrogen-bond acceptors (Lipinski definition) is 3. The maximum absolute atomic E-state index is 9.23. The monoisotopic (exact) mass is 231 g/mol. The quantitative estimate of drug-likeness (QED) is 0.646. The Bertz CT molecular complexity index is 743. The van der Waals surface area contributed by atoms with Crippen LogP contribution in [-0.2, 0) is 0 Å². The molecule has 3 nitrogen and oxygen atoms in total. The molecule has 3 aromatic rings. The molecule has 0 fully saturated rings. The summed E-state index contributed by atoms with van der Waals surface area (Å²) in [6, 6.07) is 15.6. The predicted molar refractivity (Wildman–Crippen MR) is 69.7 cm³/mol. The fourth-order valence-electron chi connectivity index (χ4n) is 1.92. The van der Waals surface area contributed by atoms with Gasteiger partial charge < -0.3 is 0 Å². The molecular formula is C15H9N3. The zero-order valence-corrected chi connectivity index (χ0v) is 9.54. The third-order valence-electron chi connectivity index (χ3n) is 2.78. The molecule has 0 N–H and O–H groups in total. The van der Waals surface area contributed by atoms with E-state index in [9.17, 15) is 5.26 Å². The van der Waals surface area contributed by atoms with Crippen molar-refractivity contribution in [2.45, 2.75) is 0 Å². The van der Waals surface area contributed by atoms with Gasteiger partial charge in [-0.25, -0.2) is 4.98 Å². The molecule has 3 heteroatoms. The Morgan fingerprint density at radius 1 is 1.06 bits per heavy atom. The first-order valence-electron chi connectivity index (χ1n) is 5.59. The summed E-state index contributed by atoms with van der Waals surface area (Å²) in [5.74, 6) is 0. The van der Waals surface area contributed by atoms with E-state index < -0.39 is 0 Å². The molecule has 0 aliphatic heterocycles. The summed E-state index contributed by atoms with van der Waals surface area (Å²) in [5, 5.41) is 10.2. The first kappa shape index (κ1) is 10.4. The van der Waals surface area contributed by atoms with Crippen LogP contribution in [0, 0.1) is 11.3 Å². The number of fused-ring (bicyclic) bond motifs is 1. The highest BCUT2D eigenvalue weighted by atomic mass is 14.7. The number of rotatable bonds is 1. The SMILES string of the molecule is N#Cc1cc2ccccc2nc1-c1cccnc1. The van der Waals surface area contributed by atoms with Crippen molar-refractivity contribution < 1.29 is 0 Å². The van der Waals surface area contributed by atoms with Gasteiger partial charge in [0.05, 0.1) is 16.8 Å². The second-order valence-electron chi connectivity index (χ2n) is 3.93. The van der Waals surface area contributed by atoms with Gasteiger partial charge in [-0.05, 0) is 24.3 Å². The molecule has 3 rings (SSSR count). The van der Waals surface area contributed by atoms with Gasteiger partial charge in [0.1, 0.15) is 6.07 Å². The van der Waals surface area contributed by atoms with Crippen molar-refractivity contribution in [3.63, 3.8) is 0 Å². The van der Waals surface area contributed by atoms with E-state index in [1.165, 1.54) is 0 Å². The van der Waals surface area contributed by atoms with Crippen molar-refractivity contribution in [2.24, 2.45) is 0 Å². The molecule has 0 atom stereocenters. The molecule has 0 amide bonds. The van der Waals surface area contributed by atoms with Gasteiger partial charge in [0.2, 0.25) is 0 Å². The summed E-state index contributed by atoms with van der Waals surface area (Å²) in [5.41, 5.74) is 3.00. The lowest BCUT2D eigenvalue weighted by molar-refractivity contribution is 1.29. The molecule has 2 aromatic heterocycles. The van der Waals surface area contributed by atoms with Gasteiger partial charge in [0.25, 0.3) is 0 Å². The number of benzene rings is 1. The van der Waals surface area contributed by atoms with E-state index in [0.717, 1.165) is 16.5 Å². The van der Waals surface area contributed by atoms with Gasteiger partial charge in [-0.1, -0.05) is 18.2 Å². The fraction of sp³-hybridized carbons (Fsp3) is 0. The van der Waals surface area contributed by atoms with Crippen LogP contribution in [0.1, 0.15) is 5.56 Å². The zero-order chi connectivity index (χ0) is 12.4. The number of aromatic nitrogens is 2. The number of hydrogen-bond donors (Lipinski definition) is 0. The van der Waals surface area contributed by atoms with E-state index in [-0.39, 0.29) is 0 Å². The summed E-state index contributed by atoms with van der Waals surface area (Å²) >= 11 is 0. The summed E-state index contributed by atoms with van der Waals surface area (Å²) in [6.45, 7) is 0. The minimum absolute atomic E-state index is 0.571. The smallest absolute Gasteiger partial charge is 0.101 e. The summed E-state index contributed by atoms with van der Waals surface area (Å²) in [6.07, 6.45) is 3.43. The Kier molecular flexibility index (Phi) is 2.47. The topological polar surface area (TPSA) is 49.6 Å². The Balaban J connectivity index is 2.32. The standard InChI is InChI=1S/C15H9N3/c16-9-13-8-11-4-1-2-6-14(11)18-15(13)12-5-3-7-17-10-12/h1-8,10H. The van der Waals surface area contributed by atoms with Crippen LogP contribution in [0.2, 0.25) is 0 Å². The lowest BCUT2D eigenvalue weighted by Crippen LogP contribution is -1.91. The zero-order valence-electron chi connectivity index (χ0n) is 9.54. The van der Waals surface area contributed by atoms with Gasteiger partial charge in [0.15, 0.2) is 0 Å². The molecule has 0 aliphatic rings. The molecule has 18 heavy (non-hydrogen) atoms. The Morgan fingerprint density at radius 2 is 1.94 bits per heavy atom. The van der Waals surface area contributed by atoms with E-state index in [1.807, 2.05) is 42.5 Å². The van der Waals surface area contributed by atoms with E-state index in [1.54, 1.807) is 12.4 Å². The van der Waals surface area contributed by atoms with Crippen molar-refractivity contribution in [2.75, 3.05) is 0 Å². The molecule has 1 aromatic carbocycles. The van der Waals surface area contributed by atoms with Crippen molar-refractivity contribution >= 4 is 10.9 Å². The second-order valence-corrected chi connectivity index (χ2v) is 3.93. The summed E-state index contributed by atoms with van der Waals surface area (Å²) in [7, 11) is 0. The maximum atomic E-state index is 9.23. The predicted octanol–water partition coefficient (Wildman–Crippen LogP) is 3.17. The highest BCUT2D eigenvalue weighted by Gasteiger charge is 2.08. The molecule has 0 bridgehead atoms. The average Bonchev–Trinajstić information content (AvgIpc) is 2.46. The minimum atomic E-state index is 0.571. The van der Waals surface area contributed by atoms with Gasteiger partial charge in [-0.15, -0.1) is 0 Å². The molecule has 0 spiro atoms. The van der Waals surface area contributed by atoms with Crippen molar-refractivity contribution in [1.29, 1.82) is 5.26 Å². The molecule has 84 valence electrons. The Morgan fingerprint density at radius 3 is 2.72 bits per heavy atom. The number of nitriles is 1. The number of nitrogens with zero attached hydrogens (tertiary/aromatic N) is 3. The molecule has 0 aliphatic carbocycles. The lowest BCUT2D eigenvalue weighted by Gasteiger charge is -2.05. The number of para-hydroxylation sites is 1. The Labute approximate surface area is 104 Å². The molecule has 0 unspecified atom stereocenters.